The molecule has 0 atom stereocenters. The van der Waals surface area contributed by atoms with E-state index in [2.05, 4.69) is 10.1 Å². The summed E-state index contributed by atoms with van der Waals surface area (Å²) in [4.78, 5) is 10.9. The van der Waals surface area contributed by atoms with Crippen LogP contribution in [0.25, 0.3) is 0 Å². The first-order chi connectivity index (χ1) is 8.64. The molecule has 7 heteroatoms. The summed E-state index contributed by atoms with van der Waals surface area (Å²) in [5.74, 6) is -0.165. The smallest absolute Gasteiger partial charge is 0.469 e. The summed E-state index contributed by atoms with van der Waals surface area (Å²) in [6.07, 6.45) is 2.16. The summed E-state index contributed by atoms with van der Waals surface area (Å²) in [6.45, 7) is 1.66. The van der Waals surface area contributed by atoms with E-state index >= 15 is 0 Å². The van der Waals surface area contributed by atoms with Crippen LogP contribution < -0.4 is 5.32 Å². The van der Waals surface area contributed by atoms with E-state index in [1.54, 1.807) is 21.3 Å². The summed E-state index contributed by atoms with van der Waals surface area (Å²) in [5.41, 5.74) is 0. The number of methoxy groups -OCH3 is 1. The van der Waals surface area contributed by atoms with Crippen molar-refractivity contribution >= 4 is 14.8 Å². The van der Waals surface area contributed by atoms with Gasteiger partial charge in [0, 0.05) is 33.8 Å². The molecule has 0 aliphatic rings. The maximum absolute atomic E-state index is 10.9. The third-order valence-corrected chi connectivity index (χ3v) is 5.56. The monoisotopic (exact) mass is 279 g/mol. The second-order valence-electron chi connectivity index (χ2n) is 3.83. The van der Waals surface area contributed by atoms with Gasteiger partial charge in [-0.1, -0.05) is 0 Å². The second-order valence-corrected chi connectivity index (χ2v) is 6.92. The van der Waals surface area contributed by atoms with Crippen LogP contribution in [-0.4, -0.2) is 56.3 Å². The lowest BCUT2D eigenvalue weighted by Gasteiger charge is -2.24. The topological polar surface area (TPSA) is 66.0 Å². The third-order valence-electron chi connectivity index (χ3n) is 2.73. The van der Waals surface area contributed by atoms with Crippen molar-refractivity contribution in [2.75, 3.05) is 41.5 Å². The maximum atomic E-state index is 10.9. The minimum absolute atomic E-state index is 0.165. The Balaban J connectivity index is 3.52. The third kappa shape index (κ3) is 7.07. The Morgan fingerprint density at radius 3 is 2.06 bits per heavy atom. The summed E-state index contributed by atoms with van der Waals surface area (Å²) in [6, 6.07) is 0.778. The lowest BCUT2D eigenvalue weighted by molar-refractivity contribution is -0.140. The lowest BCUT2D eigenvalue weighted by Crippen LogP contribution is -2.43. The standard InChI is InChI=1S/C11H25NO5Si/c1-14-11(13)7-5-8-12-9-6-10-18(15-2,16-3)17-4/h12H,5-10H2,1-4H3. The molecule has 0 aromatic rings. The highest BCUT2D eigenvalue weighted by molar-refractivity contribution is 6.60. The van der Waals surface area contributed by atoms with Gasteiger partial charge in [0.1, 0.15) is 0 Å². The number of nitrogens with one attached hydrogen (secondary N) is 1. The van der Waals surface area contributed by atoms with E-state index in [-0.39, 0.29) is 5.97 Å². The Morgan fingerprint density at radius 1 is 1.00 bits per heavy atom. The van der Waals surface area contributed by atoms with Crippen molar-refractivity contribution in [1.82, 2.24) is 5.32 Å². The summed E-state index contributed by atoms with van der Waals surface area (Å²) >= 11 is 0. The molecule has 0 unspecified atom stereocenters. The summed E-state index contributed by atoms with van der Waals surface area (Å²) < 4.78 is 20.5. The van der Waals surface area contributed by atoms with E-state index in [0.717, 1.165) is 32.0 Å². The Morgan fingerprint density at radius 2 is 1.56 bits per heavy atom. The van der Waals surface area contributed by atoms with Crippen LogP contribution in [0.15, 0.2) is 0 Å². The maximum Gasteiger partial charge on any atom is 0.500 e. The van der Waals surface area contributed by atoms with Crippen LogP contribution in [0.2, 0.25) is 6.04 Å². The van der Waals surface area contributed by atoms with Gasteiger partial charge in [0.2, 0.25) is 0 Å². The fraction of sp³-hybridized carbons (Fsp3) is 0.909. The Hall–Kier alpha value is -0.473. The zero-order valence-corrected chi connectivity index (χ0v) is 12.8. The molecule has 0 rings (SSSR count). The van der Waals surface area contributed by atoms with E-state index in [4.69, 9.17) is 13.3 Å². The Labute approximate surface area is 110 Å². The first kappa shape index (κ1) is 17.5. The molecule has 0 aliphatic heterocycles. The van der Waals surface area contributed by atoms with Crippen molar-refractivity contribution in [3.63, 3.8) is 0 Å². The minimum Gasteiger partial charge on any atom is -0.469 e. The molecular weight excluding hydrogens is 254 g/mol. The summed E-state index contributed by atoms with van der Waals surface area (Å²) in [7, 11) is 3.82. The molecule has 108 valence electrons. The van der Waals surface area contributed by atoms with Crippen LogP contribution in [0.1, 0.15) is 19.3 Å². The van der Waals surface area contributed by atoms with Gasteiger partial charge in [-0.2, -0.15) is 0 Å². The molecule has 18 heavy (non-hydrogen) atoms. The molecule has 6 nitrogen and oxygen atoms in total. The van der Waals surface area contributed by atoms with Crippen molar-refractivity contribution in [2.24, 2.45) is 0 Å². The van der Waals surface area contributed by atoms with Gasteiger partial charge in [0.05, 0.1) is 7.11 Å². The van der Waals surface area contributed by atoms with Crippen LogP contribution >= 0.6 is 0 Å². The average molecular weight is 279 g/mol. The van der Waals surface area contributed by atoms with Gasteiger partial charge in [0.15, 0.2) is 0 Å². The number of hydrogen-bond acceptors (Lipinski definition) is 6. The highest BCUT2D eigenvalue weighted by atomic mass is 28.4. The van der Waals surface area contributed by atoms with E-state index in [0.29, 0.717) is 6.42 Å². The molecule has 0 fully saturated rings. The van der Waals surface area contributed by atoms with Crippen LogP contribution in [0, 0.1) is 0 Å². The van der Waals surface area contributed by atoms with Crippen molar-refractivity contribution in [1.29, 1.82) is 0 Å². The molecule has 0 aromatic heterocycles. The molecule has 0 saturated heterocycles. The first-order valence-corrected chi connectivity index (χ1v) is 8.00. The molecule has 0 radical (unpaired) electrons. The van der Waals surface area contributed by atoms with E-state index < -0.39 is 8.80 Å². The molecule has 0 bridgehead atoms. The average Bonchev–Trinajstić information content (AvgIpc) is 2.42. The van der Waals surface area contributed by atoms with Crippen LogP contribution in [0.3, 0.4) is 0 Å². The fourth-order valence-corrected chi connectivity index (χ4v) is 3.29. The largest absolute Gasteiger partial charge is 0.500 e. The number of carbonyl (C=O) groups excluding carboxylic acids is 1. The van der Waals surface area contributed by atoms with Gasteiger partial charge in [-0.3, -0.25) is 4.79 Å². The fourth-order valence-electron chi connectivity index (χ4n) is 1.57. The van der Waals surface area contributed by atoms with Crippen LogP contribution in [0.5, 0.6) is 0 Å². The van der Waals surface area contributed by atoms with Crippen molar-refractivity contribution in [2.45, 2.75) is 25.3 Å². The van der Waals surface area contributed by atoms with Gasteiger partial charge < -0.3 is 23.3 Å². The van der Waals surface area contributed by atoms with E-state index in [1.807, 2.05) is 0 Å². The second kappa shape index (κ2) is 10.4. The predicted molar refractivity (Wildman–Crippen MR) is 70.3 cm³/mol. The van der Waals surface area contributed by atoms with E-state index in [9.17, 15) is 4.79 Å². The zero-order valence-electron chi connectivity index (χ0n) is 11.8. The highest BCUT2D eigenvalue weighted by Gasteiger charge is 2.36. The molecule has 0 saturated carbocycles. The normalized spacial score (nSPS) is 11.6. The van der Waals surface area contributed by atoms with Crippen molar-refractivity contribution in [3.8, 4) is 0 Å². The number of carbonyl (C=O) groups is 1. The van der Waals surface area contributed by atoms with Crippen molar-refractivity contribution < 1.29 is 22.8 Å². The number of hydrogen-bond donors (Lipinski definition) is 1. The molecule has 0 aliphatic carbocycles. The van der Waals surface area contributed by atoms with Gasteiger partial charge >= 0.3 is 14.8 Å². The molecule has 0 amide bonds. The quantitative estimate of drug-likeness (QED) is 0.343. The molecular formula is C11H25NO5Si. The number of ether oxygens (including phenoxy) is 1. The van der Waals surface area contributed by atoms with Gasteiger partial charge in [-0.25, -0.2) is 0 Å². The number of rotatable bonds is 11. The van der Waals surface area contributed by atoms with Crippen LogP contribution in [-0.2, 0) is 22.8 Å². The van der Waals surface area contributed by atoms with Gasteiger partial charge in [0.25, 0.3) is 0 Å². The van der Waals surface area contributed by atoms with Crippen LogP contribution in [0.4, 0.5) is 0 Å². The SMILES string of the molecule is COC(=O)CCCNCCC[Si](OC)(OC)OC. The molecule has 0 aromatic carbocycles. The summed E-state index contributed by atoms with van der Waals surface area (Å²) in [5, 5.41) is 3.26. The lowest BCUT2D eigenvalue weighted by atomic mass is 10.3. The first-order valence-electron chi connectivity index (χ1n) is 6.07. The highest BCUT2D eigenvalue weighted by Crippen LogP contribution is 2.14. The predicted octanol–water partition coefficient (Wildman–Crippen LogP) is 0.797. The minimum atomic E-state index is -2.42. The molecule has 0 heterocycles. The molecule has 0 spiro atoms. The van der Waals surface area contributed by atoms with Crippen molar-refractivity contribution in [3.05, 3.63) is 0 Å². The number of esters is 1. The Kier molecular flexibility index (Phi) is 10.2. The van der Waals surface area contributed by atoms with E-state index in [1.165, 1.54) is 7.11 Å². The Bertz CT molecular complexity index is 215. The van der Waals surface area contributed by atoms with Gasteiger partial charge in [-0.15, -0.1) is 0 Å². The zero-order chi connectivity index (χ0) is 13.9. The van der Waals surface area contributed by atoms with Gasteiger partial charge in [-0.05, 0) is 25.9 Å². The molecule has 1 N–H and O–H groups in total.